The molecule has 0 aliphatic heterocycles. The Balaban J connectivity index is 0.00000210. The smallest absolute Gasteiger partial charge is 0.159 e. The summed E-state index contributed by atoms with van der Waals surface area (Å²) in [6.07, 6.45) is 6.11. The monoisotopic (exact) mass is 351 g/mol. The van der Waals surface area contributed by atoms with Crippen LogP contribution < -0.4 is 0 Å². The third-order valence-corrected chi connectivity index (χ3v) is 5.32. The molecule has 2 nitrogen and oxygen atoms in total. The largest absolute Gasteiger partial charge is 0.295 e. The molecule has 2 aliphatic carbocycles. The Morgan fingerprint density at radius 2 is 1.92 bits per heavy atom. The number of halogens is 2. The second-order valence-corrected chi connectivity index (χ2v) is 6.94. The van der Waals surface area contributed by atoms with Crippen molar-refractivity contribution in [1.82, 2.24) is 0 Å². The fourth-order valence-corrected chi connectivity index (χ4v) is 4.13. The van der Waals surface area contributed by atoms with Crippen LogP contribution in [0.1, 0.15) is 56.1 Å². The lowest BCUT2D eigenvalue weighted by Gasteiger charge is -2.22. The highest BCUT2D eigenvalue weighted by Crippen LogP contribution is 2.47. The summed E-state index contributed by atoms with van der Waals surface area (Å²) in [6.45, 7) is 0. The van der Waals surface area contributed by atoms with Gasteiger partial charge in [-0.05, 0) is 59.9 Å². The van der Waals surface area contributed by atoms with E-state index in [-0.39, 0.29) is 18.7 Å². The van der Waals surface area contributed by atoms with Gasteiger partial charge in [0.05, 0.1) is 11.6 Å². The predicted molar refractivity (Wildman–Crippen MR) is 97.4 cm³/mol. The molecule has 2 aromatic rings. The number of carbonyl (C=O) groups is 1. The summed E-state index contributed by atoms with van der Waals surface area (Å²) in [5, 5.41) is 9.36. The van der Waals surface area contributed by atoms with E-state index in [1.54, 1.807) is 12.1 Å². The van der Waals surface area contributed by atoms with E-state index in [1.807, 2.05) is 6.08 Å². The lowest BCUT2D eigenvalue weighted by molar-refractivity contribution is -0.116. The first-order chi connectivity index (χ1) is 12.6. The first kappa shape index (κ1) is 16.7. The van der Waals surface area contributed by atoms with Crippen LogP contribution in [0.4, 0.5) is 8.78 Å². The van der Waals surface area contributed by atoms with Crippen LogP contribution in [0.3, 0.4) is 0 Å². The SMILES string of the molecule is N#Cc1cc2c(c(-c3ccc(F)cc3F)c1)C1CCCCCC(=O)C1=C2.[HH]. The molecule has 2 aromatic carbocycles. The second kappa shape index (κ2) is 6.49. The molecule has 4 rings (SSSR count). The van der Waals surface area contributed by atoms with Gasteiger partial charge in [0, 0.05) is 31.0 Å². The van der Waals surface area contributed by atoms with E-state index in [1.165, 1.54) is 12.1 Å². The number of benzene rings is 2. The maximum absolute atomic E-state index is 14.5. The summed E-state index contributed by atoms with van der Waals surface area (Å²) in [4.78, 5) is 12.6. The van der Waals surface area contributed by atoms with Gasteiger partial charge in [-0.2, -0.15) is 5.26 Å². The quantitative estimate of drug-likeness (QED) is 0.655. The van der Waals surface area contributed by atoms with Gasteiger partial charge in [-0.15, -0.1) is 0 Å². The average molecular weight is 351 g/mol. The number of hydrogen-bond donors (Lipinski definition) is 0. The van der Waals surface area contributed by atoms with E-state index in [0.29, 0.717) is 17.5 Å². The molecule has 0 bridgehead atoms. The maximum atomic E-state index is 14.5. The number of hydrogen-bond acceptors (Lipinski definition) is 2. The van der Waals surface area contributed by atoms with Crippen molar-refractivity contribution in [3.63, 3.8) is 0 Å². The molecule has 1 unspecified atom stereocenters. The molecule has 1 fully saturated rings. The molecule has 1 saturated carbocycles. The van der Waals surface area contributed by atoms with Gasteiger partial charge >= 0.3 is 0 Å². The Morgan fingerprint density at radius 3 is 2.69 bits per heavy atom. The van der Waals surface area contributed by atoms with E-state index in [2.05, 4.69) is 6.07 Å². The third kappa shape index (κ3) is 2.74. The topological polar surface area (TPSA) is 40.9 Å². The molecular weight excluding hydrogens is 332 g/mol. The fraction of sp³-hybridized carbons (Fsp3) is 0.273. The van der Waals surface area contributed by atoms with Crippen LogP contribution in [0.15, 0.2) is 35.9 Å². The molecule has 0 N–H and O–H groups in total. The van der Waals surface area contributed by atoms with Crippen LogP contribution in [0.25, 0.3) is 17.2 Å². The molecule has 0 radical (unpaired) electrons. The highest BCUT2D eigenvalue weighted by Gasteiger charge is 2.33. The van der Waals surface area contributed by atoms with Crippen LogP contribution in [0.5, 0.6) is 0 Å². The molecule has 2 aliphatic rings. The minimum absolute atomic E-state index is 0. The van der Waals surface area contributed by atoms with E-state index in [4.69, 9.17) is 0 Å². The summed E-state index contributed by atoms with van der Waals surface area (Å²) < 4.78 is 27.8. The van der Waals surface area contributed by atoms with Gasteiger partial charge in [-0.3, -0.25) is 4.79 Å². The molecule has 26 heavy (non-hydrogen) atoms. The number of fused-ring (bicyclic) bond motifs is 3. The second-order valence-electron chi connectivity index (χ2n) is 6.94. The summed E-state index contributed by atoms with van der Waals surface area (Å²) in [7, 11) is 0. The molecule has 1 atom stereocenters. The summed E-state index contributed by atoms with van der Waals surface area (Å²) >= 11 is 0. The highest BCUT2D eigenvalue weighted by molar-refractivity contribution is 6.04. The zero-order chi connectivity index (χ0) is 18.3. The lowest BCUT2D eigenvalue weighted by atomic mass is 9.81. The van der Waals surface area contributed by atoms with Crippen molar-refractivity contribution < 1.29 is 15.0 Å². The summed E-state index contributed by atoms with van der Waals surface area (Å²) in [5.74, 6) is -1.24. The zero-order valence-electron chi connectivity index (χ0n) is 14.2. The van der Waals surface area contributed by atoms with Gasteiger partial charge in [0.15, 0.2) is 5.78 Å². The van der Waals surface area contributed by atoms with Crippen LogP contribution in [0, 0.1) is 23.0 Å². The van der Waals surface area contributed by atoms with Crippen molar-refractivity contribution in [1.29, 1.82) is 5.26 Å². The van der Waals surface area contributed by atoms with Crippen LogP contribution in [-0.4, -0.2) is 5.78 Å². The van der Waals surface area contributed by atoms with Gasteiger partial charge in [0.1, 0.15) is 11.6 Å². The predicted octanol–water partition coefficient (Wildman–Crippen LogP) is 5.76. The molecule has 0 amide bonds. The van der Waals surface area contributed by atoms with E-state index in [9.17, 15) is 18.8 Å². The number of Topliss-reactive ketones (excluding diaryl/α,β-unsaturated/α-hetero) is 1. The van der Waals surface area contributed by atoms with Crippen LogP contribution in [0.2, 0.25) is 0 Å². The number of rotatable bonds is 1. The summed E-state index contributed by atoms with van der Waals surface area (Å²) in [6, 6.07) is 8.99. The molecule has 0 heterocycles. The minimum atomic E-state index is -0.659. The Hall–Kier alpha value is -2.80. The van der Waals surface area contributed by atoms with Gasteiger partial charge in [-0.25, -0.2) is 8.78 Å². The Bertz CT molecular complexity index is 991. The molecule has 4 heteroatoms. The Labute approximate surface area is 152 Å². The van der Waals surface area contributed by atoms with E-state index >= 15 is 0 Å². The fourth-order valence-electron chi connectivity index (χ4n) is 4.13. The van der Waals surface area contributed by atoms with Crippen molar-refractivity contribution in [2.75, 3.05) is 0 Å². The number of nitrogens with zero attached hydrogens (tertiary/aromatic N) is 1. The minimum Gasteiger partial charge on any atom is -0.295 e. The first-order valence-corrected chi connectivity index (χ1v) is 8.86. The van der Waals surface area contributed by atoms with E-state index < -0.39 is 11.6 Å². The van der Waals surface area contributed by atoms with Crippen molar-refractivity contribution >= 4 is 11.9 Å². The number of nitriles is 1. The normalized spacial score (nSPS) is 19.0. The van der Waals surface area contributed by atoms with Crippen molar-refractivity contribution in [2.45, 2.75) is 38.0 Å². The zero-order valence-corrected chi connectivity index (χ0v) is 14.2. The molecule has 132 valence electrons. The molecule has 0 spiro atoms. The van der Waals surface area contributed by atoms with E-state index in [0.717, 1.165) is 48.4 Å². The number of allylic oxidation sites excluding steroid dienone is 1. The summed E-state index contributed by atoms with van der Waals surface area (Å²) in [5.41, 5.74) is 3.71. The van der Waals surface area contributed by atoms with Crippen LogP contribution in [-0.2, 0) is 4.79 Å². The van der Waals surface area contributed by atoms with Crippen molar-refractivity contribution in [3.8, 4) is 17.2 Å². The first-order valence-electron chi connectivity index (χ1n) is 8.86. The van der Waals surface area contributed by atoms with Crippen LogP contribution >= 0.6 is 0 Å². The number of ketones is 1. The number of carbonyl (C=O) groups excluding carboxylic acids is 1. The highest BCUT2D eigenvalue weighted by atomic mass is 19.1. The third-order valence-electron chi connectivity index (χ3n) is 5.32. The Kier molecular flexibility index (Phi) is 4.16. The molecular formula is C22H19F2NO. The van der Waals surface area contributed by atoms with Gasteiger partial charge < -0.3 is 0 Å². The Morgan fingerprint density at radius 1 is 1.08 bits per heavy atom. The standard InChI is InChI=1S/C22H17F2NO.H2/c23-15-6-7-16(20(24)11-15)19-9-13(12-25)8-14-10-18-17(22(14)19)4-2-1-3-5-21(18)26;/h6-11,17H,1-5H2;1H. The van der Waals surface area contributed by atoms with Gasteiger partial charge in [0.2, 0.25) is 0 Å². The lowest BCUT2D eigenvalue weighted by Crippen LogP contribution is -2.12. The maximum Gasteiger partial charge on any atom is 0.159 e. The van der Waals surface area contributed by atoms with Crippen molar-refractivity contribution in [2.24, 2.45) is 0 Å². The molecule has 0 saturated heterocycles. The average Bonchev–Trinajstić information content (AvgIpc) is 2.97. The van der Waals surface area contributed by atoms with Crippen molar-refractivity contribution in [3.05, 3.63) is 64.2 Å². The van der Waals surface area contributed by atoms with Gasteiger partial charge in [0.25, 0.3) is 0 Å². The van der Waals surface area contributed by atoms with Gasteiger partial charge in [-0.1, -0.05) is 12.8 Å². The molecule has 0 aromatic heterocycles.